The number of likely N-dealkylation sites (tertiary alicyclic amines) is 1. The average Bonchev–Trinajstić information content (AvgIpc) is 3.52. The van der Waals surface area contributed by atoms with Gasteiger partial charge in [0.15, 0.2) is 0 Å². The Morgan fingerprint density at radius 2 is 2.04 bits per heavy atom. The summed E-state index contributed by atoms with van der Waals surface area (Å²) in [6.07, 6.45) is 9.42. The lowest BCUT2D eigenvalue weighted by Gasteiger charge is -2.40. The second-order valence-corrected chi connectivity index (χ2v) is 8.44. The minimum Gasteiger partial charge on any atom is -0.338 e. The molecule has 1 aromatic heterocycles. The maximum atomic E-state index is 12.8. The number of rotatable bonds is 3. The van der Waals surface area contributed by atoms with Crippen LogP contribution in [0.3, 0.4) is 0 Å². The molecule has 2 aliphatic carbocycles. The number of carbonyl (C=O) groups excluding carboxylic acids is 1. The lowest BCUT2D eigenvalue weighted by atomic mass is 9.77. The summed E-state index contributed by atoms with van der Waals surface area (Å²) in [6, 6.07) is 9.89. The Labute approximate surface area is 164 Å². The van der Waals surface area contributed by atoms with Gasteiger partial charge in [-0.15, -0.1) is 0 Å². The van der Waals surface area contributed by atoms with Crippen molar-refractivity contribution in [1.29, 1.82) is 0 Å². The molecule has 1 spiro atoms. The number of fused-ring (bicyclic) bond motifs is 2. The van der Waals surface area contributed by atoms with Gasteiger partial charge in [0.1, 0.15) is 5.82 Å². The summed E-state index contributed by atoms with van der Waals surface area (Å²) in [5, 5.41) is 0. The summed E-state index contributed by atoms with van der Waals surface area (Å²) in [7, 11) is 0. The van der Waals surface area contributed by atoms with E-state index in [1.54, 1.807) is 6.08 Å². The van der Waals surface area contributed by atoms with Gasteiger partial charge in [-0.1, -0.05) is 30.3 Å². The first kappa shape index (κ1) is 17.4. The number of piperidine rings is 1. The van der Waals surface area contributed by atoms with E-state index < -0.39 is 0 Å². The Balaban J connectivity index is 1.40. The molecule has 3 aliphatic rings. The van der Waals surface area contributed by atoms with Crippen molar-refractivity contribution in [2.45, 2.75) is 49.9 Å². The molecule has 1 N–H and O–H groups in total. The molecule has 1 saturated carbocycles. The number of aromatic nitrogens is 2. The van der Waals surface area contributed by atoms with Crippen LogP contribution in [0.4, 0.5) is 0 Å². The number of benzene rings is 1. The number of aromatic amines is 1. The third kappa shape index (κ3) is 3.09. The van der Waals surface area contributed by atoms with Gasteiger partial charge in [-0.2, -0.15) is 0 Å². The van der Waals surface area contributed by atoms with E-state index in [1.165, 1.54) is 0 Å². The van der Waals surface area contributed by atoms with Gasteiger partial charge in [0.25, 0.3) is 5.56 Å². The molecular formula is C23H25N3O2. The molecule has 1 aromatic carbocycles. The molecule has 1 atom stereocenters. The monoisotopic (exact) mass is 375 g/mol. The van der Waals surface area contributed by atoms with Crippen LogP contribution in [0.1, 0.15) is 60.7 Å². The normalized spacial score (nSPS) is 24.1. The first-order valence-electron chi connectivity index (χ1n) is 10.3. The van der Waals surface area contributed by atoms with Crippen LogP contribution < -0.4 is 5.56 Å². The van der Waals surface area contributed by atoms with Gasteiger partial charge in [-0.25, -0.2) is 4.98 Å². The van der Waals surface area contributed by atoms with Crippen LogP contribution in [0.25, 0.3) is 6.08 Å². The maximum absolute atomic E-state index is 12.8. The van der Waals surface area contributed by atoms with Gasteiger partial charge in [0, 0.05) is 36.1 Å². The number of nitrogens with one attached hydrogen (secondary N) is 1. The summed E-state index contributed by atoms with van der Waals surface area (Å²) in [5.74, 6) is 1.33. The summed E-state index contributed by atoms with van der Waals surface area (Å²) < 4.78 is 0. The van der Waals surface area contributed by atoms with Gasteiger partial charge < -0.3 is 9.88 Å². The molecular weight excluding hydrogens is 350 g/mol. The Kier molecular flexibility index (Phi) is 4.18. The third-order valence-corrected chi connectivity index (χ3v) is 6.46. The fraction of sp³-hybridized carbons (Fsp3) is 0.435. The molecule has 1 saturated heterocycles. The molecule has 1 amide bonds. The van der Waals surface area contributed by atoms with Gasteiger partial charge in [-0.3, -0.25) is 9.59 Å². The Bertz CT molecular complexity index is 991. The van der Waals surface area contributed by atoms with Crippen molar-refractivity contribution in [2.75, 3.05) is 13.1 Å². The van der Waals surface area contributed by atoms with Crippen molar-refractivity contribution in [3.8, 4) is 0 Å². The average molecular weight is 375 g/mol. The zero-order valence-corrected chi connectivity index (χ0v) is 16.0. The van der Waals surface area contributed by atoms with Crippen molar-refractivity contribution in [3.63, 3.8) is 0 Å². The van der Waals surface area contributed by atoms with Crippen LogP contribution in [0, 0.1) is 0 Å². The fourth-order valence-electron chi connectivity index (χ4n) is 4.77. The largest absolute Gasteiger partial charge is 0.338 e. The molecule has 0 bridgehead atoms. The zero-order valence-electron chi connectivity index (χ0n) is 16.0. The predicted molar refractivity (Wildman–Crippen MR) is 108 cm³/mol. The number of H-pyrrole nitrogens is 1. The predicted octanol–water partition coefficient (Wildman–Crippen LogP) is 3.17. The molecule has 144 valence electrons. The SMILES string of the molecule is O=C(C=Cc1ccccc1)N1CCCC2(CCc3c2nc(C2CC2)[nH]c3=O)C1. The van der Waals surface area contributed by atoms with Crippen LogP contribution in [0.15, 0.2) is 41.2 Å². The molecule has 1 unspecified atom stereocenters. The summed E-state index contributed by atoms with van der Waals surface area (Å²) in [6.45, 7) is 1.44. The van der Waals surface area contributed by atoms with Gasteiger partial charge in [-0.05, 0) is 50.2 Å². The first-order valence-corrected chi connectivity index (χ1v) is 10.3. The first-order chi connectivity index (χ1) is 13.6. The molecule has 5 rings (SSSR count). The highest BCUT2D eigenvalue weighted by molar-refractivity contribution is 5.92. The Morgan fingerprint density at radius 3 is 2.82 bits per heavy atom. The van der Waals surface area contributed by atoms with Gasteiger partial charge in [0.05, 0.1) is 5.69 Å². The van der Waals surface area contributed by atoms with E-state index >= 15 is 0 Å². The van der Waals surface area contributed by atoms with E-state index in [0.29, 0.717) is 12.5 Å². The van der Waals surface area contributed by atoms with Gasteiger partial charge >= 0.3 is 0 Å². The van der Waals surface area contributed by atoms with E-state index in [-0.39, 0.29) is 16.9 Å². The highest BCUT2D eigenvalue weighted by Gasteiger charge is 2.46. The van der Waals surface area contributed by atoms with Crippen LogP contribution in [0.2, 0.25) is 0 Å². The smallest absolute Gasteiger partial charge is 0.254 e. The molecule has 1 aliphatic heterocycles. The number of carbonyl (C=O) groups is 1. The van der Waals surface area contributed by atoms with Crippen molar-refractivity contribution in [2.24, 2.45) is 0 Å². The van der Waals surface area contributed by atoms with Crippen molar-refractivity contribution in [3.05, 3.63) is 69.4 Å². The third-order valence-electron chi connectivity index (χ3n) is 6.46. The molecule has 5 nitrogen and oxygen atoms in total. The second kappa shape index (κ2) is 6.73. The number of nitrogens with zero attached hydrogens (tertiary/aromatic N) is 2. The van der Waals surface area contributed by atoms with E-state index in [1.807, 2.05) is 41.3 Å². The summed E-state index contributed by atoms with van der Waals surface area (Å²) in [4.78, 5) is 35.3. The number of hydrogen-bond donors (Lipinski definition) is 1. The molecule has 2 fully saturated rings. The number of hydrogen-bond acceptors (Lipinski definition) is 3. The highest BCUT2D eigenvalue weighted by atomic mass is 16.2. The van der Waals surface area contributed by atoms with Crippen LogP contribution in [-0.2, 0) is 16.6 Å². The minimum atomic E-state index is -0.151. The molecule has 5 heteroatoms. The Hall–Kier alpha value is -2.69. The topological polar surface area (TPSA) is 66.1 Å². The second-order valence-electron chi connectivity index (χ2n) is 8.44. The van der Waals surface area contributed by atoms with Crippen LogP contribution >= 0.6 is 0 Å². The van der Waals surface area contributed by atoms with E-state index in [9.17, 15) is 9.59 Å². The van der Waals surface area contributed by atoms with E-state index in [4.69, 9.17) is 4.98 Å². The highest BCUT2D eigenvalue weighted by Crippen LogP contribution is 2.45. The summed E-state index contributed by atoms with van der Waals surface area (Å²) >= 11 is 0. The molecule has 0 radical (unpaired) electrons. The molecule has 2 heterocycles. The van der Waals surface area contributed by atoms with Crippen molar-refractivity contribution < 1.29 is 4.79 Å². The van der Waals surface area contributed by atoms with E-state index in [0.717, 1.165) is 67.7 Å². The minimum absolute atomic E-state index is 0.0381. The molecule has 2 aromatic rings. The van der Waals surface area contributed by atoms with Crippen molar-refractivity contribution in [1.82, 2.24) is 14.9 Å². The lowest BCUT2D eigenvalue weighted by Crippen LogP contribution is -2.47. The molecule has 28 heavy (non-hydrogen) atoms. The fourth-order valence-corrected chi connectivity index (χ4v) is 4.77. The quantitative estimate of drug-likeness (QED) is 0.838. The van der Waals surface area contributed by atoms with Gasteiger partial charge in [0.2, 0.25) is 5.91 Å². The zero-order chi connectivity index (χ0) is 19.1. The lowest BCUT2D eigenvalue weighted by molar-refractivity contribution is -0.128. The maximum Gasteiger partial charge on any atom is 0.254 e. The van der Waals surface area contributed by atoms with E-state index in [2.05, 4.69) is 4.98 Å². The van der Waals surface area contributed by atoms with Crippen LogP contribution in [-0.4, -0.2) is 33.9 Å². The van der Waals surface area contributed by atoms with Crippen molar-refractivity contribution >= 4 is 12.0 Å². The van der Waals surface area contributed by atoms with Crippen LogP contribution in [0.5, 0.6) is 0 Å². The Morgan fingerprint density at radius 1 is 1.21 bits per heavy atom. The standard InChI is InChI=1S/C23H25N3O2/c27-19(10-7-16-5-2-1-3-6-16)26-14-4-12-23(15-26)13-11-18-20(23)24-21(17-8-9-17)25-22(18)28/h1-3,5-7,10,17H,4,8-9,11-15H2,(H,24,25,28). The number of amides is 1. The summed E-state index contributed by atoms with van der Waals surface area (Å²) in [5.41, 5.74) is 2.73.